The number of imidazole rings is 1. The number of pyridine rings is 1. The fourth-order valence-electron chi connectivity index (χ4n) is 7.55. The first-order valence-corrected chi connectivity index (χ1v) is 18.8. The van der Waals surface area contributed by atoms with Crippen LogP contribution in [0.2, 0.25) is 0 Å². The number of aryl methyl sites for hydroxylation is 2. The van der Waals surface area contributed by atoms with Gasteiger partial charge in [-0.2, -0.15) is 0 Å². The fraction of sp³-hybridized carbons (Fsp3) is 0.318. The molecular formula is C44H44N4OPt-2. The quantitative estimate of drug-likeness (QED) is 0.131. The first kappa shape index (κ1) is 33.0. The molecule has 0 saturated heterocycles. The van der Waals surface area contributed by atoms with Gasteiger partial charge in [0.25, 0.3) is 0 Å². The molecular weight excluding hydrogens is 796 g/mol. The van der Waals surface area contributed by atoms with Gasteiger partial charge in [0.05, 0.1) is 0 Å². The molecule has 50 heavy (non-hydrogen) atoms. The van der Waals surface area contributed by atoms with E-state index in [1.807, 2.05) is 12.3 Å². The van der Waals surface area contributed by atoms with E-state index in [1.54, 1.807) is 0 Å². The Labute approximate surface area is 306 Å². The topological polar surface area (TPSA) is 36.9 Å². The van der Waals surface area contributed by atoms with Crippen molar-refractivity contribution >= 4 is 32.8 Å². The summed E-state index contributed by atoms with van der Waals surface area (Å²) in [5.74, 6) is 2.27. The van der Waals surface area contributed by atoms with Crippen molar-refractivity contribution in [2.75, 3.05) is 0 Å². The molecule has 258 valence electrons. The molecule has 0 aliphatic heterocycles. The SMILES string of the molecule is Cn1[c](=[Pt])n(C2CCCCc3ccc(Oc4[c-]c5c(cc4)c4cc(C(C)(C)C)ccc4n5-c4cc(C(C)(C)C)ccn4)[c-]c32)c2ccccc21. The van der Waals surface area contributed by atoms with Crippen molar-refractivity contribution in [2.24, 2.45) is 7.05 Å². The third kappa shape index (κ3) is 5.68. The summed E-state index contributed by atoms with van der Waals surface area (Å²) in [6, 6.07) is 36.1. The maximum absolute atomic E-state index is 6.68. The van der Waals surface area contributed by atoms with Crippen molar-refractivity contribution in [1.82, 2.24) is 18.7 Å². The van der Waals surface area contributed by atoms with E-state index in [9.17, 15) is 0 Å². The molecule has 0 fully saturated rings. The maximum atomic E-state index is 6.68. The minimum absolute atomic E-state index is 0.00467. The first-order chi connectivity index (χ1) is 23.9. The molecule has 1 aliphatic carbocycles. The molecule has 0 saturated carbocycles. The van der Waals surface area contributed by atoms with Gasteiger partial charge < -0.3 is 0 Å². The van der Waals surface area contributed by atoms with Crippen LogP contribution in [0, 0.1) is 15.9 Å². The van der Waals surface area contributed by atoms with E-state index in [1.165, 1.54) is 55.3 Å². The molecule has 4 aromatic carbocycles. The summed E-state index contributed by atoms with van der Waals surface area (Å²) in [4.78, 5) is 4.90. The number of hydrogen-bond acceptors (Lipinski definition) is 2. The Morgan fingerprint density at radius 1 is 0.760 bits per heavy atom. The number of hydrogen-bond donors (Lipinski definition) is 0. The Kier molecular flexibility index (Phi) is 8.06. The number of ether oxygens (including phenoxy) is 1. The van der Waals surface area contributed by atoms with Gasteiger partial charge in [-0.15, -0.1) is 0 Å². The number of benzene rings is 4. The van der Waals surface area contributed by atoms with Gasteiger partial charge in [-0.05, 0) is 40.2 Å². The van der Waals surface area contributed by atoms with Crippen molar-refractivity contribution < 1.29 is 24.1 Å². The van der Waals surface area contributed by atoms with Crippen molar-refractivity contribution in [3.63, 3.8) is 0 Å². The van der Waals surface area contributed by atoms with Gasteiger partial charge in [0.15, 0.2) is 0 Å². The Morgan fingerprint density at radius 3 is 2.26 bits per heavy atom. The number of rotatable bonds is 4. The van der Waals surface area contributed by atoms with Crippen LogP contribution < -0.4 is 4.74 Å². The van der Waals surface area contributed by atoms with Crippen LogP contribution in [0.4, 0.5) is 0 Å². The van der Waals surface area contributed by atoms with Crippen LogP contribution >= 0.6 is 0 Å². The van der Waals surface area contributed by atoms with Crippen LogP contribution in [-0.4, -0.2) is 18.7 Å². The van der Waals surface area contributed by atoms with Crippen LogP contribution in [0.3, 0.4) is 0 Å². The summed E-state index contributed by atoms with van der Waals surface area (Å²) >= 11 is 2.48. The Balaban J connectivity index is 1.25. The molecule has 1 unspecified atom stereocenters. The Morgan fingerprint density at radius 2 is 1.48 bits per heavy atom. The van der Waals surface area contributed by atoms with E-state index in [2.05, 4.69) is 167 Å². The molecule has 0 spiro atoms. The molecule has 6 heteroatoms. The van der Waals surface area contributed by atoms with Crippen LogP contribution in [0.5, 0.6) is 11.5 Å². The second kappa shape index (κ2) is 12.2. The van der Waals surface area contributed by atoms with Gasteiger partial charge in [-0.1, -0.05) is 53.7 Å². The monoisotopic (exact) mass is 839 g/mol. The molecule has 3 aromatic heterocycles. The number of fused-ring (bicyclic) bond motifs is 5. The van der Waals surface area contributed by atoms with Gasteiger partial charge in [0, 0.05) is 6.20 Å². The molecule has 0 radical (unpaired) electrons. The van der Waals surface area contributed by atoms with E-state index in [0.29, 0.717) is 11.5 Å². The van der Waals surface area contributed by atoms with Gasteiger partial charge in [-0.25, -0.2) is 4.98 Å². The molecule has 0 N–H and O–H groups in total. The van der Waals surface area contributed by atoms with Crippen LogP contribution in [0.15, 0.2) is 85.1 Å². The normalized spacial score (nSPS) is 15.5. The van der Waals surface area contributed by atoms with E-state index < -0.39 is 0 Å². The summed E-state index contributed by atoms with van der Waals surface area (Å²) in [7, 11) is 2.16. The van der Waals surface area contributed by atoms with E-state index in [-0.39, 0.29) is 16.9 Å². The first-order valence-electron chi connectivity index (χ1n) is 17.7. The minimum atomic E-state index is -0.00467. The predicted octanol–water partition coefficient (Wildman–Crippen LogP) is 10.9. The van der Waals surface area contributed by atoms with Crippen molar-refractivity contribution in [3.05, 3.63) is 123 Å². The summed E-state index contributed by atoms with van der Waals surface area (Å²) in [6.45, 7) is 13.5. The average molecular weight is 840 g/mol. The molecule has 7 aromatic rings. The molecule has 8 rings (SSSR count). The fourth-order valence-corrected chi connectivity index (χ4v) is 8.45. The molecule has 0 amide bonds. The third-order valence-corrected chi connectivity index (χ3v) is 11.7. The van der Waals surface area contributed by atoms with Crippen LogP contribution in [0.1, 0.15) is 89.1 Å². The van der Waals surface area contributed by atoms with E-state index in [0.717, 1.165) is 35.1 Å². The van der Waals surface area contributed by atoms with Crippen LogP contribution in [-0.2, 0) is 43.7 Å². The Hall–Kier alpha value is -4.21. The summed E-state index contributed by atoms with van der Waals surface area (Å²) in [5, 5.41) is 2.33. The van der Waals surface area contributed by atoms with Crippen molar-refractivity contribution in [2.45, 2.75) is 84.1 Å². The predicted molar refractivity (Wildman–Crippen MR) is 200 cm³/mol. The van der Waals surface area contributed by atoms with Crippen molar-refractivity contribution in [3.8, 4) is 17.3 Å². The summed E-state index contributed by atoms with van der Waals surface area (Å²) in [6.07, 6.45) is 6.40. The molecule has 3 heterocycles. The van der Waals surface area contributed by atoms with Gasteiger partial charge in [-0.3, -0.25) is 0 Å². The van der Waals surface area contributed by atoms with E-state index in [4.69, 9.17) is 9.72 Å². The van der Waals surface area contributed by atoms with Gasteiger partial charge >= 0.3 is 202 Å². The molecule has 0 bridgehead atoms. The molecule has 5 nitrogen and oxygen atoms in total. The zero-order chi connectivity index (χ0) is 34.9. The van der Waals surface area contributed by atoms with Crippen LogP contribution in [0.25, 0.3) is 38.7 Å². The Bertz CT molecular complexity index is 2480. The zero-order valence-corrected chi connectivity index (χ0v) is 32.3. The van der Waals surface area contributed by atoms with E-state index >= 15 is 0 Å². The summed E-state index contributed by atoms with van der Waals surface area (Å²) in [5.41, 5.74) is 9.71. The van der Waals surface area contributed by atoms with Gasteiger partial charge in [0.2, 0.25) is 0 Å². The zero-order valence-electron chi connectivity index (χ0n) is 30.0. The molecule has 1 atom stereocenters. The standard InChI is InChI=1S/C44H44N4O.Pt/c1-43(2,3)30-17-21-38-36(24-30)34-20-19-33(27-41(34)48(38)42-25-31(22-23-45-42)44(4,5)6)49-32-18-16-29-12-8-9-13-37(35(29)26-32)47-28-46(7)39-14-10-11-15-40(39)47;/h10-11,14-25,37H,8-9,12-13H2,1-7H3;/q-2;. The number of aromatic nitrogens is 4. The van der Waals surface area contributed by atoms with Crippen molar-refractivity contribution in [1.29, 1.82) is 0 Å². The van der Waals surface area contributed by atoms with Gasteiger partial charge in [0.1, 0.15) is 0 Å². The summed E-state index contributed by atoms with van der Waals surface area (Å²) < 4.78 is 14.9. The second-order valence-electron chi connectivity index (χ2n) is 15.8. The number of nitrogens with zero attached hydrogens (tertiary/aromatic N) is 4. The molecule has 1 aliphatic rings. The average Bonchev–Trinajstić information content (AvgIpc) is 3.44. The number of para-hydroxylation sites is 2. The second-order valence-corrected chi connectivity index (χ2v) is 16.9. The third-order valence-electron chi connectivity index (χ3n) is 10.4.